The third-order valence-electron chi connectivity index (χ3n) is 4.55. The molecule has 0 spiro atoms. The van der Waals surface area contributed by atoms with Crippen molar-refractivity contribution in [2.45, 2.75) is 18.6 Å². The molecule has 2 aromatic carbocycles. The van der Waals surface area contributed by atoms with E-state index in [1.807, 2.05) is 12.1 Å². The van der Waals surface area contributed by atoms with Gasteiger partial charge in [0.05, 0.1) is 24.1 Å². The highest BCUT2D eigenvalue weighted by atomic mass is 32.2. The summed E-state index contributed by atoms with van der Waals surface area (Å²) in [7, 11) is 1.58. The summed E-state index contributed by atoms with van der Waals surface area (Å²) in [6.07, 6.45) is -0.0401. The monoisotopic (exact) mass is 440 g/mol. The fraction of sp³-hybridized carbons (Fsp3) is 0.190. The van der Waals surface area contributed by atoms with E-state index < -0.39 is 23.0 Å². The van der Waals surface area contributed by atoms with Crippen LogP contribution in [0.2, 0.25) is 0 Å². The third kappa shape index (κ3) is 5.10. The lowest BCUT2D eigenvalue weighted by Crippen LogP contribution is -2.31. The van der Waals surface area contributed by atoms with Gasteiger partial charge in [0.25, 0.3) is 0 Å². The largest absolute Gasteiger partial charge is 0.497 e. The van der Waals surface area contributed by atoms with Gasteiger partial charge in [0.2, 0.25) is 11.8 Å². The van der Waals surface area contributed by atoms with Crippen molar-refractivity contribution in [3.05, 3.63) is 59.7 Å². The van der Waals surface area contributed by atoms with Gasteiger partial charge in [-0.15, -0.1) is 5.10 Å². The fourth-order valence-electron chi connectivity index (χ4n) is 2.90. The highest BCUT2D eigenvalue weighted by Crippen LogP contribution is 2.30. The van der Waals surface area contributed by atoms with Crippen molar-refractivity contribution < 1.29 is 24.2 Å². The van der Waals surface area contributed by atoms with E-state index in [0.717, 1.165) is 28.0 Å². The molecule has 3 rings (SSSR count). The maximum absolute atomic E-state index is 12.7. The molecule has 1 atom stereocenters. The van der Waals surface area contributed by atoms with Crippen molar-refractivity contribution >= 4 is 46.1 Å². The third-order valence-corrected chi connectivity index (χ3v) is 5.52. The number of carbonyl (C=O) groups is 3. The van der Waals surface area contributed by atoms with Crippen LogP contribution in [-0.2, 0) is 9.59 Å². The molecule has 0 aliphatic carbocycles. The smallest absolute Gasteiger partial charge is 0.335 e. The minimum absolute atomic E-state index is 0.0401. The first-order valence-corrected chi connectivity index (χ1v) is 10.1. The Labute approximate surface area is 182 Å². The van der Waals surface area contributed by atoms with Crippen molar-refractivity contribution in [2.24, 2.45) is 15.9 Å². The Hall–Kier alpha value is -3.66. The number of nitrogens with zero attached hydrogens (tertiary/aromatic N) is 3. The first-order chi connectivity index (χ1) is 14.8. The normalized spacial score (nSPS) is 17.2. The Balaban J connectivity index is 1.68. The Morgan fingerprint density at radius 3 is 2.29 bits per heavy atom. The number of aromatic carboxylic acids is 1. The second-order valence-corrected chi connectivity index (χ2v) is 7.81. The van der Waals surface area contributed by atoms with E-state index in [4.69, 9.17) is 15.6 Å². The zero-order valence-electron chi connectivity index (χ0n) is 16.8. The van der Waals surface area contributed by atoms with E-state index in [-0.39, 0.29) is 17.2 Å². The van der Waals surface area contributed by atoms with Gasteiger partial charge in [0, 0.05) is 6.42 Å². The zero-order chi connectivity index (χ0) is 22.5. The average molecular weight is 440 g/mol. The van der Waals surface area contributed by atoms with Gasteiger partial charge in [0.15, 0.2) is 5.17 Å². The maximum Gasteiger partial charge on any atom is 0.335 e. The van der Waals surface area contributed by atoms with E-state index in [1.54, 1.807) is 26.2 Å². The number of benzene rings is 2. The van der Waals surface area contributed by atoms with Crippen molar-refractivity contribution in [3.63, 3.8) is 0 Å². The van der Waals surface area contributed by atoms with E-state index in [1.165, 1.54) is 24.3 Å². The summed E-state index contributed by atoms with van der Waals surface area (Å²) in [5.74, 6) is -1.20. The Morgan fingerprint density at radius 2 is 1.71 bits per heavy atom. The average Bonchev–Trinajstić information content (AvgIpc) is 3.04. The van der Waals surface area contributed by atoms with E-state index >= 15 is 0 Å². The molecular weight excluding hydrogens is 420 g/mol. The molecule has 1 fully saturated rings. The first-order valence-electron chi connectivity index (χ1n) is 9.19. The number of carboxylic acids is 1. The van der Waals surface area contributed by atoms with Crippen LogP contribution in [0.3, 0.4) is 0 Å². The molecule has 10 heteroatoms. The van der Waals surface area contributed by atoms with Crippen molar-refractivity contribution in [2.75, 3.05) is 12.0 Å². The number of amidine groups is 1. The second kappa shape index (κ2) is 9.43. The molecule has 0 bridgehead atoms. The van der Waals surface area contributed by atoms with Gasteiger partial charge in [-0.3, -0.25) is 9.59 Å². The summed E-state index contributed by atoms with van der Waals surface area (Å²) in [4.78, 5) is 37.1. The molecule has 2 amide bonds. The van der Waals surface area contributed by atoms with Crippen molar-refractivity contribution in [1.82, 2.24) is 0 Å². The Morgan fingerprint density at radius 1 is 1.10 bits per heavy atom. The standard InChI is InChI=1S/C21H20N4O5S/c1-12(13-5-9-16(30-2)10-6-13)23-24-21(22)31-17-11-18(26)25(19(17)27)15-7-3-14(4-8-15)20(28)29/h3-10,17H,11H2,1-2H3,(H2,22,24)(H,28,29)/t17-/m1/s1. The van der Waals surface area contributed by atoms with Crippen LogP contribution in [-0.4, -0.2) is 46.1 Å². The lowest BCUT2D eigenvalue weighted by Gasteiger charge is -2.14. The van der Waals surface area contributed by atoms with Gasteiger partial charge >= 0.3 is 5.97 Å². The van der Waals surface area contributed by atoms with Crippen LogP contribution in [0, 0.1) is 0 Å². The molecule has 0 unspecified atom stereocenters. The quantitative estimate of drug-likeness (QED) is 0.305. The predicted octanol–water partition coefficient (Wildman–Crippen LogP) is 2.50. The number of methoxy groups -OCH3 is 1. The number of nitrogens with two attached hydrogens (primary N) is 1. The minimum Gasteiger partial charge on any atom is -0.497 e. The highest BCUT2D eigenvalue weighted by Gasteiger charge is 2.40. The molecule has 2 aromatic rings. The molecule has 0 saturated carbocycles. The summed E-state index contributed by atoms with van der Waals surface area (Å²) < 4.78 is 5.12. The number of hydrogen-bond donors (Lipinski definition) is 2. The van der Waals surface area contributed by atoms with Crippen molar-refractivity contribution in [1.29, 1.82) is 0 Å². The molecule has 1 saturated heterocycles. The molecule has 0 radical (unpaired) electrons. The van der Waals surface area contributed by atoms with Gasteiger partial charge < -0.3 is 15.6 Å². The van der Waals surface area contributed by atoms with E-state index in [9.17, 15) is 14.4 Å². The number of hydrogen-bond acceptors (Lipinski definition) is 7. The number of ether oxygens (including phenoxy) is 1. The molecule has 1 aliphatic heterocycles. The summed E-state index contributed by atoms with van der Waals surface area (Å²) in [6.45, 7) is 1.77. The maximum atomic E-state index is 12.7. The van der Waals surface area contributed by atoms with Gasteiger partial charge in [-0.05, 0) is 61.0 Å². The Bertz CT molecular complexity index is 1060. The van der Waals surface area contributed by atoms with Gasteiger partial charge in [0.1, 0.15) is 11.0 Å². The first kappa shape index (κ1) is 22.0. The number of carbonyl (C=O) groups excluding carboxylic acids is 2. The van der Waals surface area contributed by atoms with Crippen LogP contribution in [0.1, 0.15) is 29.3 Å². The molecule has 1 heterocycles. The number of amides is 2. The number of anilines is 1. The van der Waals surface area contributed by atoms with Crippen LogP contribution in [0.4, 0.5) is 5.69 Å². The topological polar surface area (TPSA) is 135 Å². The number of carboxylic acid groups (broad SMARTS) is 1. The van der Waals surface area contributed by atoms with Crippen molar-refractivity contribution in [3.8, 4) is 5.75 Å². The molecule has 9 nitrogen and oxygen atoms in total. The van der Waals surface area contributed by atoms with Gasteiger partial charge in [-0.2, -0.15) is 5.10 Å². The van der Waals surface area contributed by atoms with Gasteiger partial charge in [-0.1, -0.05) is 11.8 Å². The molecule has 3 N–H and O–H groups in total. The summed E-state index contributed by atoms with van der Waals surface area (Å²) in [5.41, 5.74) is 7.75. The zero-order valence-corrected chi connectivity index (χ0v) is 17.6. The fourth-order valence-corrected chi connectivity index (χ4v) is 3.72. The second-order valence-electron chi connectivity index (χ2n) is 6.58. The summed E-state index contributed by atoms with van der Waals surface area (Å²) in [6, 6.07) is 12.8. The number of thioether (sulfide) groups is 1. The molecule has 160 valence electrons. The SMILES string of the molecule is COc1ccc(C(C)=NN=C(N)S[C@@H]2CC(=O)N(c3ccc(C(=O)O)cc3)C2=O)cc1. The van der Waals surface area contributed by atoms with Crippen LogP contribution >= 0.6 is 11.8 Å². The summed E-state index contributed by atoms with van der Waals surface area (Å²) in [5, 5.41) is 16.4. The molecule has 0 aromatic heterocycles. The Kier molecular flexibility index (Phi) is 6.71. The van der Waals surface area contributed by atoms with Crippen LogP contribution in [0.15, 0.2) is 58.7 Å². The number of imide groups is 1. The lowest BCUT2D eigenvalue weighted by atomic mass is 10.1. The summed E-state index contributed by atoms with van der Waals surface area (Å²) >= 11 is 0.963. The molecular formula is C21H20N4O5S. The van der Waals surface area contributed by atoms with Crippen LogP contribution in [0.25, 0.3) is 0 Å². The molecule has 31 heavy (non-hydrogen) atoms. The van der Waals surface area contributed by atoms with E-state index in [0.29, 0.717) is 11.4 Å². The van der Waals surface area contributed by atoms with Gasteiger partial charge in [-0.25, -0.2) is 9.69 Å². The predicted molar refractivity (Wildman–Crippen MR) is 119 cm³/mol. The molecule has 1 aliphatic rings. The minimum atomic E-state index is -1.09. The number of rotatable bonds is 6. The highest BCUT2D eigenvalue weighted by molar-refractivity contribution is 8.14. The van der Waals surface area contributed by atoms with Crippen LogP contribution < -0.4 is 15.4 Å². The van der Waals surface area contributed by atoms with Crippen LogP contribution in [0.5, 0.6) is 5.75 Å². The van der Waals surface area contributed by atoms with E-state index in [2.05, 4.69) is 10.2 Å². The lowest BCUT2D eigenvalue weighted by molar-refractivity contribution is -0.121.